The number of carbonyl (C=O) groups excluding carboxylic acids is 4. The van der Waals surface area contributed by atoms with Gasteiger partial charge in [-0.1, -0.05) is 6.92 Å². The highest BCUT2D eigenvalue weighted by molar-refractivity contribution is 5.89. The van der Waals surface area contributed by atoms with E-state index in [9.17, 15) is 19.2 Å². The highest BCUT2D eigenvalue weighted by atomic mass is 16.6. The molecule has 2 heterocycles. The zero-order chi connectivity index (χ0) is 26.6. The number of carbonyl (C=O) groups is 4. The van der Waals surface area contributed by atoms with Crippen LogP contribution >= 0.6 is 0 Å². The molecule has 10 heteroatoms. The third kappa shape index (κ3) is 3.81. The Bertz CT molecular complexity index is 1050. The smallest absolute Gasteiger partial charge is 0.341 e. The molecule has 198 valence electrons. The third-order valence-corrected chi connectivity index (χ3v) is 8.23. The van der Waals surface area contributed by atoms with E-state index in [2.05, 4.69) is 0 Å². The second-order valence-corrected chi connectivity index (χ2v) is 10.8. The van der Waals surface area contributed by atoms with Crippen LogP contribution in [0, 0.1) is 17.3 Å². The molecule has 1 aromatic rings. The van der Waals surface area contributed by atoms with Gasteiger partial charge in [0, 0.05) is 20.8 Å². The highest BCUT2D eigenvalue weighted by Gasteiger charge is 2.82. The number of ether oxygens (including phenoxy) is 5. The molecule has 3 fully saturated rings. The molecule has 0 N–H and O–H groups in total. The minimum Gasteiger partial charge on any atom is -0.472 e. The van der Waals surface area contributed by atoms with Crippen LogP contribution in [0.15, 0.2) is 23.0 Å². The van der Waals surface area contributed by atoms with Crippen LogP contribution in [0.25, 0.3) is 0 Å². The lowest BCUT2D eigenvalue weighted by Gasteiger charge is -2.62. The fraction of sp³-hybridized carbons (Fsp3) is 0.692. The Hall–Kier alpha value is -2.88. The average Bonchev–Trinajstić information content (AvgIpc) is 3.35. The second-order valence-electron chi connectivity index (χ2n) is 10.8. The summed E-state index contributed by atoms with van der Waals surface area (Å²) in [5.74, 6) is -3.18. The monoisotopic (exact) mass is 506 g/mol. The van der Waals surface area contributed by atoms with Crippen LogP contribution in [0.4, 0.5) is 0 Å². The molecule has 4 rings (SSSR count). The van der Waals surface area contributed by atoms with Crippen molar-refractivity contribution in [1.82, 2.24) is 0 Å². The number of hydrogen-bond acceptors (Lipinski definition) is 10. The number of hydrogen-bond donors (Lipinski definition) is 0. The first-order chi connectivity index (χ1) is 16.8. The molecule has 0 amide bonds. The first kappa shape index (κ1) is 26.2. The minimum atomic E-state index is -1.25. The van der Waals surface area contributed by atoms with Gasteiger partial charge >= 0.3 is 23.9 Å². The van der Waals surface area contributed by atoms with Crippen molar-refractivity contribution in [3.8, 4) is 0 Å². The van der Waals surface area contributed by atoms with Gasteiger partial charge in [0.1, 0.15) is 30.2 Å². The second kappa shape index (κ2) is 8.90. The Morgan fingerprint density at radius 1 is 0.889 bits per heavy atom. The molecule has 1 aromatic heterocycles. The highest BCUT2D eigenvalue weighted by Crippen LogP contribution is 2.68. The van der Waals surface area contributed by atoms with E-state index in [4.69, 9.17) is 28.1 Å². The van der Waals surface area contributed by atoms with E-state index in [1.807, 2.05) is 20.8 Å². The molecule has 0 aromatic carbocycles. The summed E-state index contributed by atoms with van der Waals surface area (Å²) < 4.78 is 35.6. The molecule has 0 radical (unpaired) electrons. The Balaban J connectivity index is 1.97. The standard InChI is InChI=1S/C26H34O10/c1-13-8-9-18(32-14(2)27)25(7)22(35-23(30)17-10-11-31-12-17)20(33-15(3)28)19-21(34-16(4)29)26(13,25)36-24(19,5)6/h10-13,18-22H,8-9H2,1-7H3. The normalized spacial score (nSPS) is 38.4. The van der Waals surface area contributed by atoms with E-state index in [-0.39, 0.29) is 11.5 Å². The summed E-state index contributed by atoms with van der Waals surface area (Å²) in [5.41, 5.74) is -3.23. The van der Waals surface area contributed by atoms with E-state index in [1.54, 1.807) is 6.92 Å². The molecule has 10 nitrogen and oxygen atoms in total. The van der Waals surface area contributed by atoms with Crippen LogP contribution in [0.3, 0.4) is 0 Å². The van der Waals surface area contributed by atoms with Crippen LogP contribution in [0.1, 0.15) is 71.7 Å². The van der Waals surface area contributed by atoms with Gasteiger partial charge in [-0.3, -0.25) is 14.4 Å². The van der Waals surface area contributed by atoms with E-state index < -0.39 is 70.8 Å². The zero-order valence-electron chi connectivity index (χ0n) is 21.7. The molecule has 36 heavy (non-hydrogen) atoms. The van der Waals surface area contributed by atoms with Crippen molar-refractivity contribution in [1.29, 1.82) is 0 Å². The van der Waals surface area contributed by atoms with Gasteiger partial charge in [-0.15, -0.1) is 0 Å². The summed E-state index contributed by atoms with van der Waals surface area (Å²) in [7, 11) is 0. The quantitative estimate of drug-likeness (QED) is 0.434. The Kier molecular flexibility index (Phi) is 6.47. The topological polar surface area (TPSA) is 128 Å². The van der Waals surface area contributed by atoms with Crippen LogP contribution in [-0.2, 0) is 38.1 Å². The first-order valence-corrected chi connectivity index (χ1v) is 12.2. The lowest BCUT2D eigenvalue weighted by Crippen LogP contribution is -2.76. The maximum Gasteiger partial charge on any atom is 0.341 e. The molecular formula is C26H34O10. The van der Waals surface area contributed by atoms with Gasteiger partial charge in [0.2, 0.25) is 0 Å². The van der Waals surface area contributed by atoms with Crippen LogP contribution in [0.2, 0.25) is 0 Å². The minimum absolute atomic E-state index is 0.178. The first-order valence-electron chi connectivity index (χ1n) is 12.2. The maximum absolute atomic E-state index is 13.2. The van der Waals surface area contributed by atoms with Gasteiger partial charge in [-0.05, 0) is 45.6 Å². The Morgan fingerprint density at radius 2 is 1.53 bits per heavy atom. The Labute approximate surface area is 209 Å². The van der Waals surface area contributed by atoms with E-state index in [1.165, 1.54) is 39.4 Å². The van der Waals surface area contributed by atoms with Crippen molar-refractivity contribution in [2.24, 2.45) is 17.3 Å². The number of furan rings is 1. The third-order valence-electron chi connectivity index (χ3n) is 8.23. The van der Waals surface area contributed by atoms with Gasteiger partial charge in [0.25, 0.3) is 0 Å². The van der Waals surface area contributed by atoms with E-state index in [0.29, 0.717) is 12.8 Å². The molecule has 2 saturated carbocycles. The van der Waals surface area contributed by atoms with Crippen molar-refractivity contribution in [2.75, 3.05) is 0 Å². The summed E-state index contributed by atoms with van der Waals surface area (Å²) in [5, 5.41) is 0. The van der Waals surface area contributed by atoms with Gasteiger partial charge in [0.15, 0.2) is 6.10 Å². The summed E-state index contributed by atoms with van der Waals surface area (Å²) >= 11 is 0. The summed E-state index contributed by atoms with van der Waals surface area (Å²) in [6.45, 7) is 11.3. The molecule has 1 aliphatic heterocycles. The molecular weight excluding hydrogens is 472 g/mol. The SMILES string of the molecule is CC(=O)OC1C2C(OC(C)=O)C3(OC2(C)C)C(C)CCC(OC(C)=O)C3(C)C1OC(=O)c1ccoc1. The summed E-state index contributed by atoms with van der Waals surface area (Å²) in [6, 6.07) is 1.47. The van der Waals surface area contributed by atoms with Crippen LogP contribution in [0.5, 0.6) is 0 Å². The number of esters is 4. The molecule has 8 unspecified atom stereocenters. The van der Waals surface area contributed by atoms with E-state index >= 15 is 0 Å². The maximum atomic E-state index is 13.2. The van der Waals surface area contributed by atoms with Gasteiger partial charge in [-0.25, -0.2) is 4.79 Å². The summed E-state index contributed by atoms with van der Waals surface area (Å²) in [4.78, 5) is 50.2. The lowest BCUT2D eigenvalue weighted by atomic mass is 9.48. The predicted octanol–water partition coefficient (Wildman–Crippen LogP) is 3.21. The van der Waals surface area contributed by atoms with Crippen LogP contribution < -0.4 is 0 Å². The van der Waals surface area contributed by atoms with Crippen molar-refractivity contribution in [2.45, 2.75) is 96.9 Å². The molecule has 3 aliphatic rings. The predicted molar refractivity (Wildman–Crippen MR) is 122 cm³/mol. The fourth-order valence-corrected chi connectivity index (χ4v) is 6.99. The fourth-order valence-electron chi connectivity index (χ4n) is 6.99. The molecule has 2 aliphatic carbocycles. The zero-order valence-corrected chi connectivity index (χ0v) is 21.7. The summed E-state index contributed by atoms with van der Waals surface area (Å²) in [6.07, 6.45) is -0.108. The van der Waals surface area contributed by atoms with Crippen molar-refractivity contribution >= 4 is 23.9 Å². The van der Waals surface area contributed by atoms with Gasteiger partial charge in [0.05, 0.1) is 28.8 Å². The van der Waals surface area contributed by atoms with Gasteiger partial charge < -0.3 is 28.1 Å². The largest absolute Gasteiger partial charge is 0.472 e. The molecule has 1 spiro atoms. The van der Waals surface area contributed by atoms with Crippen molar-refractivity contribution in [3.63, 3.8) is 0 Å². The number of rotatable bonds is 5. The molecule has 2 bridgehead atoms. The van der Waals surface area contributed by atoms with Crippen molar-refractivity contribution in [3.05, 3.63) is 24.2 Å². The Morgan fingerprint density at radius 3 is 2.08 bits per heavy atom. The van der Waals surface area contributed by atoms with E-state index in [0.717, 1.165) is 0 Å². The average molecular weight is 507 g/mol. The molecule has 1 saturated heterocycles. The molecule has 8 atom stereocenters. The van der Waals surface area contributed by atoms with Gasteiger partial charge in [-0.2, -0.15) is 0 Å². The lowest BCUT2D eigenvalue weighted by molar-refractivity contribution is -0.299. The van der Waals surface area contributed by atoms with Crippen LogP contribution in [-0.4, -0.2) is 59.5 Å². The van der Waals surface area contributed by atoms with Crippen molar-refractivity contribution < 1.29 is 47.3 Å². The number of fused-ring (bicyclic) bond motifs is 1.